The van der Waals surface area contributed by atoms with E-state index in [0.717, 1.165) is 33.9 Å². The summed E-state index contributed by atoms with van der Waals surface area (Å²) in [5, 5.41) is 0. The molecule has 2 aliphatic heterocycles. The predicted octanol–water partition coefficient (Wildman–Crippen LogP) is 1.02. The SMILES string of the molecule is CN1C(=O)C(CC(=O)N2CCCc3ccccc32)C(=O)N(C)C1=O. The van der Waals surface area contributed by atoms with Crippen molar-refractivity contribution < 1.29 is 19.2 Å². The second-order valence-electron chi connectivity index (χ2n) is 6.11. The summed E-state index contributed by atoms with van der Waals surface area (Å²) in [7, 11) is 2.64. The minimum Gasteiger partial charge on any atom is -0.312 e. The lowest BCUT2D eigenvalue weighted by molar-refractivity contribution is -0.149. The fourth-order valence-electron chi connectivity index (χ4n) is 3.24. The van der Waals surface area contributed by atoms with Gasteiger partial charge in [-0.3, -0.25) is 24.2 Å². The van der Waals surface area contributed by atoms with E-state index >= 15 is 0 Å². The van der Waals surface area contributed by atoms with Gasteiger partial charge in [-0.2, -0.15) is 0 Å². The molecule has 2 heterocycles. The topological polar surface area (TPSA) is 78.0 Å². The summed E-state index contributed by atoms with van der Waals surface area (Å²) in [6.45, 7) is 0.565. The molecule has 0 unspecified atom stereocenters. The number of carbonyl (C=O) groups excluding carboxylic acids is 4. The number of barbiturate groups is 1. The molecule has 0 spiro atoms. The van der Waals surface area contributed by atoms with E-state index in [0.29, 0.717) is 6.54 Å². The molecule has 0 N–H and O–H groups in total. The number of aryl methyl sites for hydroxylation is 1. The second-order valence-corrected chi connectivity index (χ2v) is 6.11. The van der Waals surface area contributed by atoms with Gasteiger partial charge in [0.05, 0.1) is 0 Å². The number of benzene rings is 1. The standard InChI is InChI=1S/C17H19N3O4/c1-18-15(22)12(16(23)19(2)17(18)24)10-14(21)20-9-5-7-11-6-3-4-8-13(11)20/h3-4,6,8,12H,5,7,9-10H2,1-2H3. The van der Waals surface area contributed by atoms with Crippen LogP contribution >= 0.6 is 0 Å². The van der Waals surface area contributed by atoms with E-state index in [9.17, 15) is 19.2 Å². The zero-order valence-electron chi connectivity index (χ0n) is 13.7. The van der Waals surface area contributed by atoms with E-state index in [1.54, 1.807) is 4.90 Å². The molecular formula is C17H19N3O4. The highest BCUT2D eigenvalue weighted by Gasteiger charge is 2.44. The molecule has 24 heavy (non-hydrogen) atoms. The van der Waals surface area contributed by atoms with Gasteiger partial charge in [-0.25, -0.2) is 4.79 Å². The van der Waals surface area contributed by atoms with Crippen molar-refractivity contribution in [3.05, 3.63) is 29.8 Å². The molecule has 1 aromatic rings. The van der Waals surface area contributed by atoms with Gasteiger partial charge in [0.15, 0.2) is 0 Å². The Labute approximate surface area is 139 Å². The maximum absolute atomic E-state index is 12.7. The van der Waals surface area contributed by atoms with Gasteiger partial charge in [-0.1, -0.05) is 18.2 Å². The average molecular weight is 329 g/mol. The Hall–Kier alpha value is -2.70. The molecule has 0 aromatic heterocycles. The maximum atomic E-state index is 12.7. The summed E-state index contributed by atoms with van der Waals surface area (Å²) in [6.07, 6.45) is 1.52. The molecule has 0 bridgehead atoms. The van der Waals surface area contributed by atoms with Crippen molar-refractivity contribution in [1.29, 1.82) is 0 Å². The number of nitrogens with zero attached hydrogens (tertiary/aromatic N) is 3. The molecule has 0 radical (unpaired) electrons. The number of carbonyl (C=O) groups is 4. The minimum absolute atomic E-state index is 0.228. The Morgan fingerprint density at radius 2 is 1.71 bits per heavy atom. The summed E-state index contributed by atoms with van der Waals surface area (Å²) in [4.78, 5) is 52.4. The molecule has 0 atom stereocenters. The lowest BCUT2D eigenvalue weighted by atomic mass is 9.97. The Kier molecular flexibility index (Phi) is 4.09. The van der Waals surface area contributed by atoms with Crippen LogP contribution in [0.25, 0.3) is 0 Å². The van der Waals surface area contributed by atoms with Crippen LogP contribution < -0.4 is 4.90 Å². The van der Waals surface area contributed by atoms with Crippen LogP contribution in [0.3, 0.4) is 0 Å². The first-order chi connectivity index (χ1) is 11.4. The van der Waals surface area contributed by atoms with Gasteiger partial charge in [-0.05, 0) is 24.5 Å². The van der Waals surface area contributed by atoms with Gasteiger partial charge in [0.1, 0.15) is 5.92 Å². The molecule has 126 valence electrons. The molecule has 1 saturated heterocycles. The van der Waals surface area contributed by atoms with Gasteiger partial charge in [0.25, 0.3) is 0 Å². The molecule has 7 heteroatoms. The third kappa shape index (κ3) is 2.55. The number of imide groups is 2. The lowest BCUT2D eigenvalue weighted by Crippen LogP contribution is -2.57. The molecule has 3 rings (SSSR count). The smallest absolute Gasteiger partial charge is 0.312 e. The van der Waals surface area contributed by atoms with Gasteiger partial charge in [0, 0.05) is 32.7 Å². The highest BCUT2D eigenvalue weighted by molar-refractivity contribution is 6.17. The summed E-state index contributed by atoms with van der Waals surface area (Å²) in [5.41, 5.74) is 1.92. The highest BCUT2D eigenvalue weighted by atomic mass is 16.2. The molecule has 7 nitrogen and oxygen atoms in total. The fraction of sp³-hybridized carbons (Fsp3) is 0.412. The zero-order valence-corrected chi connectivity index (χ0v) is 13.7. The zero-order chi connectivity index (χ0) is 17.4. The number of hydrogen-bond acceptors (Lipinski definition) is 4. The first-order valence-electron chi connectivity index (χ1n) is 7.89. The minimum atomic E-state index is -1.14. The maximum Gasteiger partial charge on any atom is 0.332 e. The third-order valence-electron chi connectivity index (χ3n) is 4.62. The number of hydrogen-bond donors (Lipinski definition) is 0. The summed E-state index contributed by atoms with van der Waals surface area (Å²) < 4.78 is 0. The Morgan fingerprint density at radius 3 is 2.38 bits per heavy atom. The Bertz CT molecular complexity index is 706. The Balaban J connectivity index is 1.81. The van der Waals surface area contributed by atoms with Crippen molar-refractivity contribution in [2.45, 2.75) is 19.3 Å². The molecule has 0 aliphatic carbocycles. The monoisotopic (exact) mass is 329 g/mol. The van der Waals surface area contributed by atoms with Crippen LogP contribution in [0.5, 0.6) is 0 Å². The first-order valence-corrected chi connectivity index (χ1v) is 7.89. The van der Waals surface area contributed by atoms with Crippen LogP contribution in [0.4, 0.5) is 10.5 Å². The third-order valence-corrected chi connectivity index (χ3v) is 4.62. The number of para-hydroxylation sites is 1. The van der Waals surface area contributed by atoms with E-state index in [-0.39, 0.29) is 12.3 Å². The van der Waals surface area contributed by atoms with Gasteiger partial charge in [-0.15, -0.1) is 0 Å². The normalized spacial score (nSPS) is 18.9. The highest BCUT2D eigenvalue weighted by Crippen LogP contribution is 2.28. The van der Waals surface area contributed by atoms with Crippen LogP contribution in [0.1, 0.15) is 18.4 Å². The van der Waals surface area contributed by atoms with Crippen molar-refractivity contribution in [1.82, 2.24) is 9.80 Å². The van der Waals surface area contributed by atoms with E-state index in [4.69, 9.17) is 0 Å². The number of anilines is 1. The van der Waals surface area contributed by atoms with Crippen LogP contribution in [0.15, 0.2) is 24.3 Å². The van der Waals surface area contributed by atoms with Gasteiger partial charge < -0.3 is 4.90 Å². The molecule has 0 saturated carbocycles. The van der Waals surface area contributed by atoms with Crippen molar-refractivity contribution in [2.75, 3.05) is 25.5 Å². The molecular weight excluding hydrogens is 310 g/mol. The summed E-state index contributed by atoms with van der Waals surface area (Å²) >= 11 is 0. The van der Waals surface area contributed by atoms with Crippen molar-refractivity contribution >= 4 is 29.4 Å². The van der Waals surface area contributed by atoms with Crippen LogP contribution in [-0.4, -0.2) is 54.2 Å². The molecule has 2 aliphatic rings. The summed E-state index contributed by atoms with van der Waals surface area (Å²) in [6, 6.07) is 6.97. The number of amides is 5. The largest absolute Gasteiger partial charge is 0.332 e. The van der Waals surface area contributed by atoms with Crippen molar-refractivity contribution in [3.63, 3.8) is 0 Å². The Morgan fingerprint density at radius 1 is 1.08 bits per heavy atom. The van der Waals surface area contributed by atoms with Crippen molar-refractivity contribution in [2.24, 2.45) is 5.92 Å². The fourth-order valence-corrected chi connectivity index (χ4v) is 3.24. The van der Waals surface area contributed by atoms with E-state index in [1.165, 1.54) is 14.1 Å². The van der Waals surface area contributed by atoms with E-state index in [2.05, 4.69) is 0 Å². The van der Waals surface area contributed by atoms with Gasteiger partial charge >= 0.3 is 6.03 Å². The molecule has 5 amide bonds. The first kappa shape index (κ1) is 16.2. The quantitative estimate of drug-likeness (QED) is 0.759. The van der Waals surface area contributed by atoms with Gasteiger partial charge in [0.2, 0.25) is 17.7 Å². The molecule has 1 fully saturated rings. The lowest BCUT2D eigenvalue weighted by Gasteiger charge is -2.34. The molecule has 1 aromatic carbocycles. The van der Waals surface area contributed by atoms with Crippen LogP contribution in [0.2, 0.25) is 0 Å². The second kappa shape index (κ2) is 6.07. The van der Waals surface area contributed by atoms with Crippen LogP contribution in [0, 0.1) is 5.92 Å². The predicted molar refractivity (Wildman–Crippen MR) is 86.2 cm³/mol. The average Bonchev–Trinajstić information content (AvgIpc) is 2.61. The van der Waals surface area contributed by atoms with Crippen molar-refractivity contribution in [3.8, 4) is 0 Å². The van der Waals surface area contributed by atoms with E-state index < -0.39 is 23.8 Å². The van der Waals surface area contributed by atoms with E-state index in [1.807, 2.05) is 24.3 Å². The van der Waals surface area contributed by atoms with Crippen LogP contribution in [-0.2, 0) is 20.8 Å². The number of fused-ring (bicyclic) bond motifs is 1. The summed E-state index contributed by atoms with van der Waals surface area (Å²) in [5.74, 6) is -2.66. The number of rotatable bonds is 2. The number of urea groups is 1.